The van der Waals surface area contributed by atoms with Gasteiger partial charge in [-0.1, -0.05) is 17.0 Å². The quantitative estimate of drug-likeness (QED) is 0.574. The molecule has 0 spiro atoms. The zero-order valence-corrected chi connectivity index (χ0v) is 10.9. The Morgan fingerprint density at radius 1 is 1.57 bits per heavy atom. The van der Waals surface area contributed by atoms with Crippen LogP contribution in [0.15, 0.2) is 18.5 Å². The smallest absolute Gasteiger partial charge is 0.0941 e. The molecule has 2 aromatic heterocycles. The predicted molar refractivity (Wildman–Crippen MR) is 49.6 cm³/mol. The van der Waals surface area contributed by atoms with Gasteiger partial charge in [0.15, 0.2) is 0 Å². The average molecular weight is 357 g/mol. The summed E-state index contributed by atoms with van der Waals surface area (Å²) in [5.74, 6) is -0.00162. The molecule has 72 valence electrons. The first kappa shape index (κ1) is 11.1. The molecule has 0 saturated heterocycles. The summed E-state index contributed by atoms with van der Waals surface area (Å²) in [6.07, 6.45) is 3.46. The zero-order chi connectivity index (χ0) is 9.42. The molecule has 14 heavy (non-hydrogen) atoms. The maximum atomic E-state index is 11.0. The van der Waals surface area contributed by atoms with Crippen LogP contribution in [0.3, 0.4) is 0 Å². The summed E-state index contributed by atoms with van der Waals surface area (Å²) in [6, 6.07) is 4.91. The molecular formula is C10H9N2OW-. The topological polar surface area (TPSA) is 34.9 Å². The van der Waals surface area contributed by atoms with Gasteiger partial charge < -0.3 is 14.3 Å². The Morgan fingerprint density at radius 3 is 2.93 bits per heavy atom. The molecule has 0 aliphatic rings. The standard InChI is InChI=1S/C10H9N2O.W/c1-7(13)9-5-8-3-4-12(2)10(8)11-6-9;/h3-4,6H,1-2H3;/q-1;. The molecule has 2 aromatic rings. The fraction of sp³-hybridized carbons (Fsp3) is 0.200. The number of hydrogen-bond acceptors (Lipinski definition) is 2. The van der Waals surface area contributed by atoms with Gasteiger partial charge in [0, 0.05) is 28.1 Å². The number of fused-ring (bicyclic) bond motifs is 1. The summed E-state index contributed by atoms with van der Waals surface area (Å²) in [6.45, 7) is 1.52. The molecule has 0 atom stereocenters. The van der Waals surface area contributed by atoms with Crippen LogP contribution in [0, 0.1) is 6.07 Å². The van der Waals surface area contributed by atoms with Crippen molar-refractivity contribution in [1.82, 2.24) is 9.55 Å². The summed E-state index contributed by atoms with van der Waals surface area (Å²) < 4.78 is 1.90. The van der Waals surface area contributed by atoms with Gasteiger partial charge in [-0.05, 0) is 19.3 Å². The van der Waals surface area contributed by atoms with E-state index in [1.54, 1.807) is 6.20 Å². The van der Waals surface area contributed by atoms with Gasteiger partial charge in [-0.25, -0.2) is 0 Å². The average Bonchev–Trinajstić information content (AvgIpc) is 2.47. The molecule has 0 amide bonds. The number of rotatable bonds is 1. The number of carbonyl (C=O) groups is 1. The zero-order valence-electron chi connectivity index (χ0n) is 7.94. The van der Waals surface area contributed by atoms with Crippen LogP contribution >= 0.6 is 0 Å². The first-order chi connectivity index (χ1) is 6.18. The number of aryl methyl sites for hydroxylation is 1. The third kappa shape index (κ3) is 1.78. The maximum Gasteiger partial charge on any atom is 0.0941 e. The van der Waals surface area contributed by atoms with Crippen molar-refractivity contribution in [2.45, 2.75) is 6.92 Å². The molecule has 3 nitrogen and oxygen atoms in total. The normalized spacial score (nSPS) is 9.86. The van der Waals surface area contributed by atoms with Crippen LogP contribution in [0.1, 0.15) is 17.3 Å². The van der Waals surface area contributed by atoms with E-state index in [1.807, 2.05) is 23.9 Å². The third-order valence-corrected chi connectivity index (χ3v) is 2.00. The molecular weight excluding hydrogens is 348 g/mol. The van der Waals surface area contributed by atoms with Crippen molar-refractivity contribution < 1.29 is 25.9 Å². The number of aromatic nitrogens is 2. The van der Waals surface area contributed by atoms with E-state index in [4.69, 9.17) is 0 Å². The molecule has 0 saturated carbocycles. The molecule has 0 N–H and O–H groups in total. The minimum absolute atomic E-state index is 0. The summed E-state index contributed by atoms with van der Waals surface area (Å²) in [5, 5.41) is 0.884. The Hall–Kier alpha value is -0.952. The van der Waals surface area contributed by atoms with E-state index in [2.05, 4.69) is 11.1 Å². The van der Waals surface area contributed by atoms with Crippen molar-refractivity contribution in [1.29, 1.82) is 0 Å². The van der Waals surface area contributed by atoms with E-state index in [0.29, 0.717) is 5.56 Å². The maximum absolute atomic E-state index is 11.0. The van der Waals surface area contributed by atoms with Crippen molar-refractivity contribution in [3.05, 3.63) is 30.1 Å². The van der Waals surface area contributed by atoms with E-state index < -0.39 is 0 Å². The molecule has 2 heterocycles. The Bertz CT molecular complexity index is 476. The van der Waals surface area contributed by atoms with Gasteiger partial charge in [0.2, 0.25) is 0 Å². The SMILES string of the molecule is CC(=O)c1[c-]c2ccn(C)c2nc1.[W]. The summed E-state index contributed by atoms with van der Waals surface area (Å²) in [4.78, 5) is 15.2. The van der Waals surface area contributed by atoms with Crippen LogP contribution in [0.25, 0.3) is 11.0 Å². The molecule has 0 fully saturated rings. The van der Waals surface area contributed by atoms with Crippen molar-refractivity contribution in [3.8, 4) is 0 Å². The molecule has 2 rings (SSSR count). The van der Waals surface area contributed by atoms with Gasteiger partial charge in [0.1, 0.15) is 0 Å². The van der Waals surface area contributed by atoms with E-state index >= 15 is 0 Å². The van der Waals surface area contributed by atoms with Crippen LogP contribution in [0.5, 0.6) is 0 Å². The molecule has 0 aliphatic heterocycles. The monoisotopic (exact) mass is 357 g/mol. The number of pyridine rings is 1. The fourth-order valence-electron chi connectivity index (χ4n) is 1.26. The summed E-state index contributed by atoms with van der Waals surface area (Å²) >= 11 is 0. The van der Waals surface area contributed by atoms with Crippen molar-refractivity contribution in [3.63, 3.8) is 0 Å². The second-order valence-corrected chi connectivity index (χ2v) is 3.02. The predicted octanol–water partition coefficient (Wildman–Crippen LogP) is 1.57. The van der Waals surface area contributed by atoms with Crippen LogP contribution in [-0.4, -0.2) is 15.3 Å². The van der Waals surface area contributed by atoms with E-state index in [1.165, 1.54) is 6.92 Å². The number of Topliss-reactive ketones (excluding diaryl/α,β-unsaturated/α-hetero) is 1. The van der Waals surface area contributed by atoms with Crippen LogP contribution in [0.4, 0.5) is 0 Å². The Morgan fingerprint density at radius 2 is 2.29 bits per heavy atom. The van der Waals surface area contributed by atoms with E-state index in [-0.39, 0.29) is 26.8 Å². The second-order valence-electron chi connectivity index (χ2n) is 3.02. The number of carbonyl (C=O) groups excluding carboxylic acids is 1. The van der Waals surface area contributed by atoms with Crippen LogP contribution in [0.2, 0.25) is 0 Å². The fourth-order valence-corrected chi connectivity index (χ4v) is 1.26. The van der Waals surface area contributed by atoms with E-state index in [0.717, 1.165) is 11.0 Å². The molecule has 0 unspecified atom stereocenters. The number of ketones is 1. The Kier molecular flexibility index (Phi) is 3.22. The minimum Gasteiger partial charge on any atom is -0.374 e. The van der Waals surface area contributed by atoms with E-state index in [9.17, 15) is 4.79 Å². The number of nitrogens with zero attached hydrogens (tertiary/aromatic N) is 2. The molecule has 4 heteroatoms. The summed E-state index contributed by atoms with van der Waals surface area (Å²) in [5.41, 5.74) is 1.39. The van der Waals surface area contributed by atoms with Crippen LogP contribution < -0.4 is 0 Å². The van der Waals surface area contributed by atoms with Gasteiger partial charge in [-0.2, -0.15) is 0 Å². The third-order valence-electron chi connectivity index (χ3n) is 2.00. The molecule has 0 bridgehead atoms. The van der Waals surface area contributed by atoms with Gasteiger partial charge >= 0.3 is 0 Å². The molecule has 0 radical (unpaired) electrons. The van der Waals surface area contributed by atoms with Crippen molar-refractivity contribution in [2.24, 2.45) is 7.05 Å². The first-order valence-corrected chi connectivity index (χ1v) is 4.03. The molecule has 0 aliphatic carbocycles. The number of hydrogen-bond donors (Lipinski definition) is 0. The first-order valence-electron chi connectivity index (χ1n) is 4.03. The van der Waals surface area contributed by atoms with Gasteiger partial charge in [0.25, 0.3) is 0 Å². The Balaban J connectivity index is 0.000000980. The van der Waals surface area contributed by atoms with Gasteiger partial charge in [0.05, 0.1) is 11.4 Å². The van der Waals surface area contributed by atoms with Crippen molar-refractivity contribution >= 4 is 16.8 Å². The largest absolute Gasteiger partial charge is 0.374 e. The van der Waals surface area contributed by atoms with Gasteiger partial charge in [-0.15, -0.1) is 6.07 Å². The minimum atomic E-state index is -0.00162. The molecule has 0 aromatic carbocycles. The summed E-state index contributed by atoms with van der Waals surface area (Å²) in [7, 11) is 1.91. The van der Waals surface area contributed by atoms with Gasteiger partial charge in [-0.3, -0.25) is 0 Å². The second kappa shape index (κ2) is 4.05. The Labute approximate surface area is 96.4 Å². The van der Waals surface area contributed by atoms with Crippen molar-refractivity contribution in [2.75, 3.05) is 0 Å². The van der Waals surface area contributed by atoms with Crippen LogP contribution in [-0.2, 0) is 28.1 Å².